The smallest absolute Gasteiger partial charge is 0.312 e. The number of ether oxygens (including phenoxy) is 1. The van der Waals surface area contributed by atoms with Crippen molar-refractivity contribution in [2.45, 2.75) is 50.2 Å². The van der Waals surface area contributed by atoms with E-state index in [9.17, 15) is 23.1 Å². The van der Waals surface area contributed by atoms with Gasteiger partial charge in [0, 0.05) is 11.1 Å². The highest BCUT2D eigenvalue weighted by molar-refractivity contribution is 7.94. The van der Waals surface area contributed by atoms with Crippen LogP contribution in [-0.4, -0.2) is 49.4 Å². The number of rotatable bonds is 5. The van der Waals surface area contributed by atoms with E-state index in [0.29, 0.717) is 36.8 Å². The van der Waals surface area contributed by atoms with E-state index in [1.807, 2.05) is 6.07 Å². The number of anilines is 1. The number of carbonyl (C=O) groups is 2. The molecule has 1 aromatic rings. The Kier molecular flexibility index (Phi) is 4.79. The van der Waals surface area contributed by atoms with Crippen LogP contribution < -0.4 is 4.90 Å². The second kappa shape index (κ2) is 7.17. The first-order valence-corrected chi connectivity index (χ1v) is 12.6. The van der Waals surface area contributed by atoms with Crippen LogP contribution in [0.3, 0.4) is 0 Å². The fourth-order valence-electron chi connectivity index (χ4n) is 6.63. The van der Waals surface area contributed by atoms with Gasteiger partial charge < -0.3 is 14.7 Å². The third-order valence-corrected chi connectivity index (χ3v) is 8.71. The van der Waals surface area contributed by atoms with E-state index in [-0.39, 0.29) is 5.75 Å². The molecule has 3 atom stereocenters. The van der Waals surface area contributed by atoms with Crippen molar-refractivity contribution in [2.75, 3.05) is 17.3 Å². The summed E-state index contributed by atoms with van der Waals surface area (Å²) in [4.78, 5) is 27.6. The molecule has 7 nitrogen and oxygen atoms in total. The van der Waals surface area contributed by atoms with Crippen LogP contribution in [0.4, 0.5) is 5.69 Å². The molecule has 6 rings (SSSR count). The lowest BCUT2D eigenvalue weighted by Crippen LogP contribution is -2.58. The number of carbonyl (C=O) groups excluding carboxylic acids is 2. The van der Waals surface area contributed by atoms with Crippen LogP contribution in [0, 0.1) is 17.3 Å². The lowest BCUT2D eigenvalue weighted by Gasteiger charge is -2.58. The normalized spacial score (nSPS) is 37.0. The second-order valence-electron chi connectivity index (χ2n) is 9.87. The van der Waals surface area contributed by atoms with E-state index in [2.05, 4.69) is 0 Å². The number of aliphatic hydroxyl groups is 1. The van der Waals surface area contributed by atoms with Crippen LogP contribution in [0.15, 0.2) is 41.8 Å². The molecular formula is C23H27NO6S. The monoisotopic (exact) mass is 445 g/mol. The molecule has 166 valence electrons. The molecule has 3 unspecified atom stereocenters. The Balaban J connectivity index is 1.31. The highest BCUT2D eigenvalue weighted by Crippen LogP contribution is 2.61. The van der Waals surface area contributed by atoms with Gasteiger partial charge in [-0.1, -0.05) is 18.2 Å². The number of para-hydroxylation sites is 1. The minimum Gasteiger partial charge on any atom is -0.455 e. The van der Waals surface area contributed by atoms with Gasteiger partial charge in [0.15, 0.2) is 16.4 Å². The predicted octanol–water partition coefficient (Wildman–Crippen LogP) is 2.20. The summed E-state index contributed by atoms with van der Waals surface area (Å²) in [7, 11) is -3.36. The van der Waals surface area contributed by atoms with Crippen LogP contribution in [0.5, 0.6) is 0 Å². The zero-order valence-corrected chi connectivity index (χ0v) is 18.1. The van der Waals surface area contributed by atoms with Crippen LogP contribution in [0.2, 0.25) is 0 Å². The van der Waals surface area contributed by atoms with Crippen LogP contribution >= 0.6 is 0 Å². The number of hydrogen-bond acceptors (Lipinski definition) is 6. The fourth-order valence-corrected chi connectivity index (χ4v) is 7.90. The van der Waals surface area contributed by atoms with Gasteiger partial charge in [-0.25, -0.2) is 8.42 Å². The molecule has 1 aliphatic heterocycles. The average molecular weight is 446 g/mol. The highest BCUT2D eigenvalue weighted by atomic mass is 32.2. The zero-order valence-electron chi connectivity index (χ0n) is 17.3. The number of sulfone groups is 1. The minimum atomic E-state index is -3.36. The Morgan fingerprint density at radius 3 is 2.35 bits per heavy atom. The molecule has 1 heterocycles. The summed E-state index contributed by atoms with van der Waals surface area (Å²) in [5, 5.41) is 12.0. The first-order valence-electron chi connectivity index (χ1n) is 10.8. The molecule has 4 bridgehead atoms. The number of amides is 1. The molecule has 8 heteroatoms. The maximum Gasteiger partial charge on any atom is 0.312 e. The molecule has 31 heavy (non-hydrogen) atoms. The second-order valence-corrected chi connectivity index (χ2v) is 11.8. The first kappa shape index (κ1) is 20.7. The van der Waals surface area contributed by atoms with Gasteiger partial charge in [0.05, 0.1) is 22.8 Å². The van der Waals surface area contributed by atoms with E-state index in [1.54, 1.807) is 24.3 Å². The Labute approximate surface area is 182 Å². The molecule has 0 aromatic heterocycles. The topological polar surface area (TPSA) is 101 Å². The van der Waals surface area contributed by atoms with E-state index >= 15 is 0 Å². The van der Waals surface area contributed by atoms with E-state index in [1.165, 1.54) is 11.0 Å². The summed E-state index contributed by atoms with van der Waals surface area (Å²) < 4.78 is 29.4. The quantitative estimate of drug-likeness (QED) is 0.698. The minimum absolute atomic E-state index is 0.193. The van der Waals surface area contributed by atoms with Crippen molar-refractivity contribution in [1.29, 1.82) is 0 Å². The van der Waals surface area contributed by atoms with E-state index in [4.69, 9.17) is 4.74 Å². The van der Waals surface area contributed by atoms with Gasteiger partial charge in [-0.3, -0.25) is 9.59 Å². The lowest BCUT2D eigenvalue weighted by molar-refractivity contribution is -0.196. The SMILES string of the molecule is O=C(COC(=O)C12CC3CC(CC(O)(C3)C1)C2)N(c1ccccc1)C1C=CS(=O)(=O)C1. The Bertz CT molecular complexity index is 1020. The summed E-state index contributed by atoms with van der Waals surface area (Å²) in [6, 6.07) is 8.17. The molecule has 1 N–H and O–H groups in total. The predicted molar refractivity (Wildman–Crippen MR) is 114 cm³/mol. The molecule has 0 radical (unpaired) electrons. The van der Waals surface area contributed by atoms with Crippen LogP contribution in [0.25, 0.3) is 0 Å². The Morgan fingerprint density at radius 2 is 1.77 bits per heavy atom. The zero-order chi connectivity index (χ0) is 21.9. The number of nitrogens with zero attached hydrogens (tertiary/aromatic N) is 1. The molecule has 4 saturated carbocycles. The Morgan fingerprint density at radius 1 is 1.10 bits per heavy atom. The summed E-state index contributed by atoms with van der Waals surface area (Å²) in [6.07, 6.45) is 5.89. The third-order valence-electron chi connectivity index (χ3n) is 7.34. The van der Waals surface area contributed by atoms with Gasteiger partial charge in [-0.2, -0.15) is 0 Å². The number of esters is 1. The first-order chi connectivity index (χ1) is 14.7. The largest absolute Gasteiger partial charge is 0.455 e. The molecule has 1 aromatic carbocycles. The van der Waals surface area contributed by atoms with Crippen molar-refractivity contribution < 1.29 is 27.9 Å². The molecule has 5 aliphatic rings. The molecule has 4 fully saturated rings. The highest BCUT2D eigenvalue weighted by Gasteiger charge is 2.61. The number of hydrogen-bond donors (Lipinski definition) is 1. The standard InChI is InChI=1S/C23H27NO6S/c25-20(24(18-4-2-1-3-5-18)19-6-7-31(28,29)14-19)13-30-21(26)22-9-16-8-17(10-22)12-23(27,11-16)15-22/h1-7,16-17,19,27H,8-15H2. The molecular weight excluding hydrogens is 418 g/mol. The van der Waals surface area contributed by atoms with Crippen molar-refractivity contribution in [2.24, 2.45) is 17.3 Å². The lowest BCUT2D eigenvalue weighted by atomic mass is 9.48. The van der Waals surface area contributed by atoms with Crippen molar-refractivity contribution in [3.8, 4) is 0 Å². The van der Waals surface area contributed by atoms with Gasteiger partial charge in [0.2, 0.25) is 0 Å². The van der Waals surface area contributed by atoms with Gasteiger partial charge in [0.1, 0.15) is 0 Å². The van der Waals surface area contributed by atoms with Crippen LogP contribution in [0.1, 0.15) is 38.5 Å². The maximum atomic E-state index is 13.1. The van der Waals surface area contributed by atoms with Crippen molar-refractivity contribution in [3.05, 3.63) is 41.8 Å². The van der Waals surface area contributed by atoms with E-state index in [0.717, 1.165) is 24.7 Å². The summed E-state index contributed by atoms with van der Waals surface area (Å²) >= 11 is 0. The van der Waals surface area contributed by atoms with Crippen molar-refractivity contribution in [1.82, 2.24) is 0 Å². The summed E-state index contributed by atoms with van der Waals surface area (Å²) in [5.74, 6) is -0.388. The average Bonchev–Trinajstić information content (AvgIpc) is 3.04. The van der Waals surface area contributed by atoms with Crippen molar-refractivity contribution >= 4 is 27.4 Å². The fraction of sp³-hybridized carbons (Fsp3) is 0.565. The van der Waals surface area contributed by atoms with Gasteiger partial charge >= 0.3 is 5.97 Å². The van der Waals surface area contributed by atoms with Crippen LogP contribution in [-0.2, 0) is 24.2 Å². The number of benzene rings is 1. The van der Waals surface area contributed by atoms with Crippen molar-refractivity contribution in [3.63, 3.8) is 0 Å². The van der Waals surface area contributed by atoms with E-state index < -0.39 is 45.4 Å². The van der Waals surface area contributed by atoms with Gasteiger partial charge in [-0.05, 0) is 68.6 Å². The summed E-state index contributed by atoms with van der Waals surface area (Å²) in [6.45, 7) is -0.451. The third kappa shape index (κ3) is 3.80. The molecule has 0 spiro atoms. The molecule has 1 amide bonds. The van der Waals surface area contributed by atoms with Gasteiger partial charge in [-0.15, -0.1) is 0 Å². The summed E-state index contributed by atoms with van der Waals surface area (Å²) in [5.41, 5.74) is -0.932. The molecule has 4 aliphatic carbocycles. The van der Waals surface area contributed by atoms with Gasteiger partial charge in [0.25, 0.3) is 5.91 Å². The molecule has 0 saturated heterocycles. The maximum absolute atomic E-state index is 13.1. The Hall–Kier alpha value is -2.19.